The zero-order valence-corrected chi connectivity index (χ0v) is 12.0. The average Bonchev–Trinajstić information content (AvgIpc) is 2.50. The van der Waals surface area contributed by atoms with Crippen LogP contribution in [0.25, 0.3) is 0 Å². The number of benzene rings is 1. The van der Waals surface area contributed by atoms with Crippen LogP contribution in [0.4, 0.5) is 0 Å². The lowest BCUT2D eigenvalue weighted by atomic mass is 9.91. The summed E-state index contributed by atoms with van der Waals surface area (Å²) in [6.45, 7) is 3.39. The Kier molecular flexibility index (Phi) is 6.04. The molecule has 1 aromatic carbocycles. The molecule has 1 unspecified atom stereocenters. The molecule has 1 saturated heterocycles. The summed E-state index contributed by atoms with van der Waals surface area (Å²) in [6, 6.07) is 12.5. The minimum absolute atomic E-state index is 0.626. The van der Waals surface area contributed by atoms with Crippen molar-refractivity contribution in [2.45, 2.75) is 44.8 Å². The Bertz CT molecular complexity index is 418. The van der Waals surface area contributed by atoms with Gasteiger partial charge in [0.15, 0.2) is 0 Å². The van der Waals surface area contributed by atoms with Crippen LogP contribution in [-0.4, -0.2) is 29.2 Å². The highest BCUT2D eigenvalue weighted by atomic mass is 16.3. The third-order valence-electron chi connectivity index (χ3n) is 4.20. The first-order valence-corrected chi connectivity index (χ1v) is 7.62. The van der Waals surface area contributed by atoms with Gasteiger partial charge in [0.25, 0.3) is 0 Å². The van der Waals surface area contributed by atoms with E-state index in [9.17, 15) is 5.11 Å². The summed E-state index contributed by atoms with van der Waals surface area (Å²) in [5, 5.41) is 17.8. The molecule has 3 nitrogen and oxygen atoms in total. The lowest BCUT2D eigenvalue weighted by Gasteiger charge is -2.32. The number of nitrogens with zero attached hydrogens (tertiary/aromatic N) is 2. The van der Waals surface area contributed by atoms with E-state index in [1.165, 1.54) is 31.5 Å². The first kappa shape index (κ1) is 15.0. The van der Waals surface area contributed by atoms with Crippen molar-refractivity contribution < 1.29 is 5.11 Å². The van der Waals surface area contributed by atoms with Crippen LogP contribution in [0, 0.1) is 17.2 Å². The molecule has 1 aliphatic heterocycles. The summed E-state index contributed by atoms with van der Waals surface area (Å²) in [4.78, 5) is 2.52. The second-order valence-electron chi connectivity index (χ2n) is 5.78. The van der Waals surface area contributed by atoms with Gasteiger partial charge >= 0.3 is 0 Å². The molecule has 0 radical (unpaired) electrons. The predicted octanol–water partition coefficient (Wildman–Crippen LogP) is 2.95. The van der Waals surface area contributed by atoms with E-state index in [0.29, 0.717) is 6.42 Å². The van der Waals surface area contributed by atoms with Crippen LogP contribution in [0.5, 0.6) is 0 Å². The summed E-state index contributed by atoms with van der Waals surface area (Å²) in [7, 11) is 0. The SMILES string of the molecule is N#CC(O)CCCC1CCN(Cc2ccccc2)CC1. The topological polar surface area (TPSA) is 47.3 Å². The number of aliphatic hydroxyl groups excluding tert-OH is 1. The van der Waals surface area contributed by atoms with Gasteiger partial charge in [-0.25, -0.2) is 0 Å². The molecule has 20 heavy (non-hydrogen) atoms. The van der Waals surface area contributed by atoms with Crippen LogP contribution < -0.4 is 0 Å². The van der Waals surface area contributed by atoms with Crippen molar-refractivity contribution in [1.29, 1.82) is 5.26 Å². The Balaban J connectivity index is 1.64. The Morgan fingerprint density at radius 3 is 2.60 bits per heavy atom. The Hall–Kier alpha value is -1.37. The molecule has 1 N–H and O–H groups in total. The fraction of sp³-hybridized carbons (Fsp3) is 0.588. The monoisotopic (exact) mass is 272 g/mol. The second kappa shape index (κ2) is 8.04. The van der Waals surface area contributed by atoms with Crippen molar-refractivity contribution in [3.63, 3.8) is 0 Å². The fourth-order valence-electron chi connectivity index (χ4n) is 2.94. The molecule has 0 amide bonds. The van der Waals surface area contributed by atoms with E-state index in [4.69, 9.17) is 5.26 Å². The summed E-state index contributed by atoms with van der Waals surface area (Å²) in [5.74, 6) is 0.771. The lowest BCUT2D eigenvalue weighted by molar-refractivity contribution is 0.163. The van der Waals surface area contributed by atoms with Gasteiger partial charge in [-0.15, -0.1) is 0 Å². The highest BCUT2D eigenvalue weighted by molar-refractivity contribution is 5.14. The number of aliphatic hydroxyl groups is 1. The molecule has 3 heteroatoms. The molecule has 1 heterocycles. The van der Waals surface area contributed by atoms with Gasteiger partial charge in [-0.3, -0.25) is 4.90 Å². The van der Waals surface area contributed by atoms with Gasteiger partial charge in [0.05, 0.1) is 6.07 Å². The van der Waals surface area contributed by atoms with Crippen molar-refractivity contribution >= 4 is 0 Å². The fourth-order valence-corrected chi connectivity index (χ4v) is 2.94. The van der Waals surface area contributed by atoms with Crippen LogP contribution in [0.2, 0.25) is 0 Å². The number of nitriles is 1. The summed E-state index contributed by atoms with van der Waals surface area (Å²) < 4.78 is 0. The number of hydrogen-bond donors (Lipinski definition) is 1. The molecule has 1 aliphatic rings. The third kappa shape index (κ3) is 4.96. The van der Waals surface area contributed by atoms with E-state index in [2.05, 4.69) is 35.2 Å². The highest BCUT2D eigenvalue weighted by Crippen LogP contribution is 2.23. The van der Waals surface area contributed by atoms with Gasteiger partial charge in [0, 0.05) is 6.54 Å². The lowest BCUT2D eigenvalue weighted by Crippen LogP contribution is -2.33. The third-order valence-corrected chi connectivity index (χ3v) is 4.20. The average molecular weight is 272 g/mol. The van der Waals surface area contributed by atoms with Crippen LogP contribution in [-0.2, 0) is 6.54 Å². The maximum atomic E-state index is 9.22. The van der Waals surface area contributed by atoms with Crippen LogP contribution in [0.1, 0.15) is 37.7 Å². The molecular weight excluding hydrogens is 248 g/mol. The van der Waals surface area contributed by atoms with Crippen LogP contribution in [0.15, 0.2) is 30.3 Å². The van der Waals surface area contributed by atoms with Gasteiger partial charge in [-0.05, 0) is 50.3 Å². The first-order chi connectivity index (χ1) is 9.78. The number of rotatable bonds is 6. The van der Waals surface area contributed by atoms with Gasteiger partial charge < -0.3 is 5.11 Å². The number of hydrogen-bond acceptors (Lipinski definition) is 3. The molecule has 1 atom stereocenters. The van der Waals surface area contributed by atoms with Gasteiger partial charge in [-0.2, -0.15) is 5.26 Å². The molecule has 0 bridgehead atoms. The van der Waals surface area contributed by atoms with Gasteiger partial charge in [0.1, 0.15) is 6.10 Å². The van der Waals surface area contributed by atoms with Crippen molar-refractivity contribution in [3.8, 4) is 6.07 Å². The van der Waals surface area contributed by atoms with Gasteiger partial charge in [0.2, 0.25) is 0 Å². The largest absolute Gasteiger partial charge is 0.378 e. The van der Waals surface area contributed by atoms with E-state index >= 15 is 0 Å². The smallest absolute Gasteiger partial charge is 0.140 e. The standard InChI is InChI=1S/C17H24N2O/c18-13-17(20)8-4-7-15-9-11-19(12-10-15)14-16-5-2-1-3-6-16/h1-3,5-6,15,17,20H,4,7-12,14H2. The second-order valence-corrected chi connectivity index (χ2v) is 5.78. The van der Waals surface area contributed by atoms with E-state index in [1.807, 2.05) is 6.07 Å². The summed E-state index contributed by atoms with van der Waals surface area (Å²) in [6.07, 6.45) is 4.47. The molecule has 0 aliphatic carbocycles. The van der Waals surface area contributed by atoms with Crippen molar-refractivity contribution in [2.24, 2.45) is 5.92 Å². The molecule has 0 saturated carbocycles. The van der Waals surface area contributed by atoms with Crippen LogP contribution >= 0.6 is 0 Å². The summed E-state index contributed by atoms with van der Waals surface area (Å²) in [5.41, 5.74) is 1.39. The van der Waals surface area contributed by atoms with Crippen molar-refractivity contribution in [1.82, 2.24) is 4.90 Å². The molecule has 108 valence electrons. The zero-order chi connectivity index (χ0) is 14.2. The van der Waals surface area contributed by atoms with Crippen LogP contribution in [0.3, 0.4) is 0 Å². The maximum absolute atomic E-state index is 9.22. The van der Waals surface area contributed by atoms with Crippen molar-refractivity contribution in [2.75, 3.05) is 13.1 Å². The van der Waals surface area contributed by atoms with E-state index < -0.39 is 6.10 Å². The van der Waals surface area contributed by atoms with Crippen molar-refractivity contribution in [3.05, 3.63) is 35.9 Å². The molecular formula is C17H24N2O. The molecule has 0 spiro atoms. The minimum Gasteiger partial charge on any atom is -0.378 e. The molecule has 0 aromatic heterocycles. The minimum atomic E-state index is -0.770. The Labute approximate surface area is 121 Å². The maximum Gasteiger partial charge on any atom is 0.140 e. The Morgan fingerprint density at radius 1 is 1.25 bits per heavy atom. The normalized spacial score (nSPS) is 18.6. The van der Waals surface area contributed by atoms with E-state index in [-0.39, 0.29) is 0 Å². The molecule has 1 fully saturated rings. The quantitative estimate of drug-likeness (QED) is 0.810. The van der Waals surface area contributed by atoms with Gasteiger partial charge in [-0.1, -0.05) is 36.8 Å². The molecule has 1 aromatic rings. The van der Waals surface area contributed by atoms with E-state index in [1.54, 1.807) is 0 Å². The predicted molar refractivity (Wildman–Crippen MR) is 79.9 cm³/mol. The Morgan fingerprint density at radius 2 is 1.95 bits per heavy atom. The molecule has 2 rings (SSSR count). The number of piperidine rings is 1. The number of likely N-dealkylation sites (tertiary alicyclic amines) is 1. The zero-order valence-electron chi connectivity index (χ0n) is 12.0. The first-order valence-electron chi connectivity index (χ1n) is 7.62. The highest BCUT2D eigenvalue weighted by Gasteiger charge is 2.19. The van der Waals surface area contributed by atoms with E-state index in [0.717, 1.165) is 25.3 Å². The summed E-state index contributed by atoms with van der Waals surface area (Å²) >= 11 is 0.